The Morgan fingerprint density at radius 2 is 1.00 bits per heavy atom. The first-order chi connectivity index (χ1) is 24.7. The Morgan fingerprint density at radius 1 is 0.420 bits per heavy atom. The lowest BCUT2D eigenvalue weighted by Gasteiger charge is -2.18. The molecule has 0 aliphatic carbocycles. The van der Waals surface area contributed by atoms with Crippen molar-refractivity contribution in [1.82, 2.24) is 9.13 Å². The summed E-state index contributed by atoms with van der Waals surface area (Å²) in [7, 11) is 0. The lowest BCUT2D eigenvalue weighted by atomic mass is 9.88. The van der Waals surface area contributed by atoms with Gasteiger partial charge in [-0.15, -0.1) is 0 Å². The standard InChI is InChI=1S/C45H25N5/c46-26-29-17-24-44-38(25-29)36-11-3-7-15-42(36)50(44)43-16-8-4-12-37(43)45-31(27-47)20-23-33(39(45)28-48)30-18-21-32(22-19-30)49-40-13-5-1-9-34(40)35-10-2-6-14-41(35)49/h1-25H. The number of hydrogen-bond donors (Lipinski definition) is 0. The number of fused-ring (bicyclic) bond motifs is 6. The molecule has 0 N–H and O–H groups in total. The fraction of sp³-hybridized carbons (Fsp3) is 0. The number of benzene rings is 7. The number of hydrogen-bond acceptors (Lipinski definition) is 3. The van der Waals surface area contributed by atoms with E-state index in [9.17, 15) is 15.8 Å². The van der Waals surface area contributed by atoms with E-state index in [4.69, 9.17) is 0 Å². The SMILES string of the molecule is N#Cc1ccc2c(c1)c1ccccc1n2-c1ccccc1-c1c(C#N)ccc(-c2ccc(-n3c4ccccc4c4ccccc43)cc2)c1C#N. The normalized spacial score (nSPS) is 11.1. The van der Waals surface area contributed by atoms with Crippen LogP contribution >= 0.6 is 0 Å². The van der Waals surface area contributed by atoms with Gasteiger partial charge in [-0.1, -0.05) is 91.0 Å². The van der Waals surface area contributed by atoms with Crippen molar-refractivity contribution in [3.63, 3.8) is 0 Å². The van der Waals surface area contributed by atoms with E-state index < -0.39 is 0 Å². The van der Waals surface area contributed by atoms with Crippen molar-refractivity contribution in [2.45, 2.75) is 0 Å². The highest BCUT2D eigenvalue weighted by atomic mass is 15.0. The van der Waals surface area contributed by atoms with E-state index in [0.717, 1.165) is 60.9 Å². The van der Waals surface area contributed by atoms with Crippen LogP contribution in [0.25, 0.3) is 77.2 Å². The third kappa shape index (κ3) is 4.24. The molecule has 0 saturated carbocycles. The summed E-state index contributed by atoms with van der Waals surface area (Å²) in [5.74, 6) is 0. The van der Waals surface area contributed by atoms with Gasteiger partial charge in [0.2, 0.25) is 0 Å². The molecule has 0 spiro atoms. The second-order valence-electron chi connectivity index (χ2n) is 12.3. The van der Waals surface area contributed by atoms with Crippen molar-refractivity contribution >= 4 is 43.6 Å². The highest BCUT2D eigenvalue weighted by molar-refractivity contribution is 6.11. The minimum atomic E-state index is 0.423. The van der Waals surface area contributed by atoms with Crippen LogP contribution in [0.15, 0.2) is 152 Å². The van der Waals surface area contributed by atoms with E-state index >= 15 is 0 Å². The molecule has 0 bridgehead atoms. The first-order valence-corrected chi connectivity index (χ1v) is 16.3. The van der Waals surface area contributed by atoms with Crippen molar-refractivity contribution in [1.29, 1.82) is 15.8 Å². The van der Waals surface area contributed by atoms with E-state index in [1.54, 1.807) is 0 Å². The van der Waals surface area contributed by atoms with Gasteiger partial charge in [0.15, 0.2) is 0 Å². The summed E-state index contributed by atoms with van der Waals surface area (Å²) in [5, 5.41) is 35.2. The van der Waals surface area contributed by atoms with E-state index in [1.807, 2.05) is 66.7 Å². The lowest BCUT2D eigenvalue weighted by molar-refractivity contribution is 1.18. The van der Waals surface area contributed by atoms with E-state index in [0.29, 0.717) is 22.3 Å². The summed E-state index contributed by atoms with van der Waals surface area (Å²) in [5.41, 5.74) is 10.5. The van der Waals surface area contributed by atoms with Crippen molar-refractivity contribution < 1.29 is 0 Å². The Morgan fingerprint density at radius 3 is 1.64 bits per heavy atom. The fourth-order valence-electron chi connectivity index (χ4n) is 7.51. The van der Waals surface area contributed by atoms with Crippen molar-refractivity contribution in [3.05, 3.63) is 168 Å². The minimum Gasteiger partial charge on any atom is -0.309 e. The maximum atomic E-state index is 10.8. The van der Waals surface area contributed by atoms with Gasteiger partial charge >= 0.3 is 0 Å². The molecule has 0 radical (unpaired) electrons. The predicted molar refractivity (Wildman–Crippen MR) is 200 cm³/mol. The smallest absolute Gasteiger partial charge is 0.100 e. The average Bonchev–Trinajstić information content (AvgIpc) is 3.70. The van der Waals surface area contributed by atoms with Gasteiger partial charge in [-0.2, -0.15) is 15.8 Å². The molecule has 230 valence electrons. The molecule has 0 saturated heterocycles. The molecule has 0 aliphatic heterocycles. The van der Waals surface area contributed by atoms with Gasteiger partial charge in [-0.05, 0) is 66.2 Å². The average molecular weight is 636 g/mol. The fourth-order valence-corrected chi connectivity index (χ4v) is 7.51. The van der Waals surface area contributed by atoms with Crippen LogP contribution in [0.4, 0.5) is 0 Å². The minimum absolute atomic E-state index is 0.423. The summed E-state index contributed by atoms with van der Waals surface area (Å²) >= 11 is 0. The molecular weight excluding hydrogens is 611 g/mol. The van der Waals surface area contributed by atoms with Crippen LogP contribution in [0.3, 0.4) is 0 Å². The van der Waals surface area contributed by atoms with Gasteiger partial charge in [0.1, 0.15) is 6.07 Å². The Bertz CT molecular complexity index is 2900. The number of aromatic nitrogens is 2. The van der Waals surface area contributed by atoms with Crippen molar-refractivity contribution in [2.75, 3.05) is 0 Å². The van der Waals surface area contributed by atoms with Gasteiger partial charge in [0.25, 0.3) is 0 Å². The maximum Gasteiger partial charge on any atom is 0.100 e. The summed E-state index contributed by atoms with van der Waals surface area (Å²) < 4.78 is 4.43. The summed E-state index contributed by atoms with van der Waals surface area (Å²) in [6.07, 6.45) is 0. The van der Waals surface area contributed by atoms with Crippen molar-refractivity contribution in [2.24, 2.45) is 0 Å². The molecule has 9 aromatic rings. The van der Waals surface area contributed by atoms with E-state index in [1.165, 1.54) is 10.8 Å². The van der Waals surface area contributed by atoms with Gasteiger partial charge in [-0.3, -0.25) is 0 Å². The Kier molecular flexibility index (Phi) is 6.56. The molecule has 50 heavy (non-hydrogen) atoms. The third-order valence-electron chi connectivity index (χ3n) is 9.67. The molecule has 0 fully saturated rings. The number of rotatable bonds is 4. The summed E-state index contributed by atoms with van der Waals surface area (Å²) in [6, 6.07) is 57.7. The molecule has 2 heterocycles. The highest BCUT2D eigenvalue weighted by Gasteiger charge is 2.22. The van der Waals surface area contributed by atoms with Gasteiger partial charge in [-0.25, -0.2) is 0 Å². The molecule has 9 rings (SSSR count). The van der Waals surface area contributed by atoms with Gasteiger partial charge in [0, 0.05) is 43.9 Å². The number of nitrogens with zero attached hydrogens (tertiary/aromatic N) is 5. The molecule has 2 aromatic heterocycles. The Labute approximate surface area is 287 Å². The van der Waals surface area contributed by atoms with Crippen LogP contribution in [-0.2, 0) is 0 Å². The van der Waals surface area contributed by atoms with Crippen LogP contribution in [0.2, 0.25) is 0 Å². The third-order valence-corrected chi connectivity index (χ3v) is 9.67. The first-order valence-electron chi connectivity index (χ1n) is 16.3. The van der Waals surface area contributed by atoms with Crippen LogP contribution in [0.5, 0.6) is 0 Å². The molecule has 0 aliphatic rings. The molecule has 5 heteroatoms. The largest absolute Gasteiger partial charge is 0.309 e. The topological polar surface area (TPSA) is 81.2 Å². The molecular formula is C45H25N5. The summed E-state index contributed by atoms with van der Waals surface area (Å²) in [4.78, 5) is 0. The zero-order valence-corrected chi connectivity index (χ0v) is 26.7. The Balaban J connectivity index is 1.24. The lowest BCUT2D eigenvalue weighted by Crippen LogP contribution is -2.01. The first kappa shape index (κ1) is 28.8. The molecule has 0 atom stereocenters. The quantitative estimate of drug-likeness (QED) is 0.193. The van der Waals surface area contributed by atoms with E-state index in [-0.39, 0.29) is 0 Å². The second kappa shape index (κ2) is 11.4. The number of para-hydroxylation sites is 4. The van der Waals surface area contributed by atoms with Crippen LogP contribution in [0.1, 0.15) is 16.7 Å². The molecule has 7 aromatic carbocycles. The molecule has 5 nitrogen and oxygen atoms in total. The summed E-state index contributed by atoms with van der Waals surface area (Å²) in [6.45, 7) is 0. The zero-order chi connectivity index (χ0) is 33.8. The highest BCUT2D eigenvalue weighted by Crippen LogP contribution is 2.41. The van der Waals surface area contributed by atoms with Crippen LogP contribution in [0, 0.1) is 34.0 Å². The van der Waals surface area contributed by atoms with Crippen molar-refractivity contribution in [3.8, 4) is 51.8 Å². The van der Waals surface area contributed by atoms with Gasteiger partial charge in [0.05, 0.1) is 56.6 Å². The Hall–Kier alpha value is -7.39. The van der Waals surface area contributed by atoms with E-state index in [2.05, 4.69) is 112 Å². The van der Waals surface area contributed by atoms with Crippen LogP contribution in [-0.4, -0.2) is 9.13 Å². The number of nitriles is 3. The maximum absolute atomic E-state index is 10.8. The van der Waals surface area contributed by atoms with Gasteiger partial charge < -0.3 is 9.13 Å². The second-order valence-corrected chi connectivity index (χ2v) is 12.3. The monoisotopic (exact) mass is 635 g/mol. The molecule has 0 amide bonds. The molecule has 0 unspecified atom stereocenters. The predicted octanol–water partition coefficient (Wildman–Crippen LogP) is 10.8. The zero-order valence-electron chi connectivity index (χ0n) is 26.7. The van der Waals surface area contributed by atoms with Crippen LogP contribution < -0.4 is 0 Å².